The van der Waals surface area contributed by atoms with Crippen molar-refractivity contribution in [3.8, 4) is 0 Å². The highest BCUT2D eigenvalue weighted by Gasteiger charge is 2.05. The minimum Gasteiger partial charge on any atom is -0.291 e. The zero-order chi connectivity index (χ0) is 16.5. The van der Waals surface area contributed by atoms with Crippen LogP contribution in [0.2, 0.25) is 0 Å². The molecule has 4 rings (SSSR count). The summed E-state index contributed by atoms with van der Waals surface area (Å²) in [7, 11) is 0. The second-order valence-corrected chi connectivity index (χ2v) is 5.77. The van der Waals surface area contributed by atoms with Gasteiger partial charge in [0.25, 0.3) is 5.91 Å². The van der Waals surface area contributed by atoms with Crippen molar-refractivity contribution >= 4 is 44.3 Å². The van der Waals surface area contributed by atoms with Crippen LogP contribution < -0.4 is 11.3 Å². The topological polar surface area (TPSA) is 55.1 Å². The molecule has 116 valence electrons. The van der Waals surface area contributed by atoms with Gasteiger partial charge in [0, 0.05) is 6.08 Å². The smallest absolute Gasteiger partial charge is 0.257 e. The van der Waals surface area contributed by atoms with Crippen LogP contribution in [-0.4, -0.2) is 5.91 Å². The summed E-state index contributed by atoms with van der Waals surface area (Å²) in [6, 6.07) is 23.2. The quantitative estimate of drug-likeness (QED) is 0.146. The Morgan fingerprint density at radius 2 is 1.58 bits per heavy atom. The molecule has 0 radical (unpaired) electrons. The highest BCUT2D eigenvalue weighted by Crippen LogP contribution is 2.31. The van der Waals surface area contributed by atoms with Crippen LogP contribution in [-0.2, 0) is 4.79 Å². The van der Waals surface area contributed by atoms with Crippen LogP contribution in [0.15, 0.2) is 72.8 Å². The van der Waals surface area contributed by atoms with Crippen molar-refractivity contribution in [3.05, 3.63) is 78.4 Å². The number of fused-ring (bicyclic) bond motifs is 4. The summed E-state index contributed by atoms with van der Waals surface area (Å²) in [4.78, 5) is 11.4. The monoisotopic (exact) mass is 312 g/mol. The lowest BCUT2D eigenvalue weighted by molar-refractivity contribution is -0.116. The molecule has 0 aliphatic heterocycles. The molecule has 0 spiro atoms. The lowest BCUT2D eigenvalue weighted by Gasteiger charge is -2.08. The SMILES string of the molecule is NNC(=O)C=Cc1cccc2c1ccc1cc3ccccc3cc12. The predicted octanol–water partition coefficient (Wildman–Crippen LogP) is 4.15. The molecule has 0 aromatic heterocycles. The number of rotatable bonds is 2. The normalized spacial score (nSPS) is 11.5. The Bertz CT molecular complexity index is 1110. The second kappa shape index (κ2) is 5.80. The van der Waals surface area contributed by atoms with Gasteiger partial charge >= 0.3 is 0 Å². The van der Waals surface area contributed by atoms with Crippen LogP contribution in [0.3, 0.4) is 0 Å². The van der Waals surface area contributed by atoms with E-state index >= 15 is 0 Å². The zero-order valence-electron chi connectivity index (χ0n) is 13.0. The van der Waals surface area contributed by atoms with Gasteiger partial charge in [-0.25, -0.2) is 5.84 Å². The molecule has 3 heteroatoms. The highest BCUT2D eigenvalue weighted by atomic mass is 16.2. The van der Waals surface area contributed by atoms with Crippen molar-refractivity contribution in [2.45, 2.75) is 0 Å². The molecule has 0 heterocycles. The Hall–Kier alpha value is -3.17. The molecule has 24 heavy (non-hydrogen) atoms. The number of hydrogen-bond donors (Lipinski definition) is 2. The van der Waals surface area contributed by atoms with Crippen molar-refractivity contribution < 1.29 is 4.79 Å². The third kappa shape index (κ3) is 2.41. The Morgan fingerprint density at radius 1 is 0.792 bits per heavy atom. The third-order valence-corrected chi connectivity index (χ3v) is 4.33. The van der Waals surface area contributed by atoms with E-state index in [0.29, 0.717) is 0 Å². The molecule has 3 nitrogen and oxygen atoms in total. The largest absolute Gasteiger partial charge is 0.291 e. The molecular formula is C21H16N2O. The molecule has 0 bridgehead atoms. The number of hydrogen-bond acceptors (Lipinski definition) is 2. The molecule has 3 N–H and O–H groups in total. The summed E-state index contributed by atoms with van der Waals surface area (Å²) < 4.78 is 0. The first kappa shape index (κ1) is 14.4. The minimum absolute atomic E-state index is 0.321. The van der Waals surface area contributed by atoms with E-state index in [0.717, 1.165) is 10.9 Å². The fourth-order valence-electron chi connectivity index (χ4n) is 3.17. The molecule has 0 saturated heterocycles. The molecule has 0 aliphatic rings. The van der Waals surface area contributed by atoms with Gasteiger partial charge in [0.05, 0.1) is 0 Å². The van der Waals surface area contributed by atoms with Gasteiger partial charge in [-0.15, -0.1) is 0 Å². The fourth-order valence-corrected chi connectivity index (χ4v) is 3.17. The summed E-state index contributed by atoms with van der Waals surface area (Å²) in [5.41, 5.74) is 3.10. The van der Waals surface area contributed by atoms with Crippen LogP contribution in [0.4, 0.5) is 0 Å². The van der Waals surface area contributed by atoms with E-state index in [1.807, 2.05) is 12.1 Å². The van der Waals surface area contributed by atoms with E-state index in [-0.39, 0.29) is 5.91 Å². The standard InChI is InChI=1S/C21H16N2O/c22-23-21(24)11-9-14-6-3-7-19-18(14)10-8-17-12-15-4-1-2-5-16(15)13-20(17)19/h1-13H,22H2,(H,23,24). The zero-order valence-corrected chi connectivity index (χ0v) is 13.0. The summed E-state index contributed by atoms with van der Waals surface area (Å²) in [5.74, 6) is 4.80. The average Bonchev–Trinajstić information content (AvgIpc) is 2.64. The lowest BCUT2D eigenvalue weighted by Crippen LogP contribution is -2.27. The molecule has 1 amide bonds. The van der Waals surface area contributed by atoms with E-state index in [4.69, 9.17) is 5.84 Å². The van der Waals surface area contributed by atoms with Gasteiger partial charge in [0.15, 0.2) is 0 Å². The molecule has 4 aromatic rings. The van der Waals surface area contributed by atoms with E-state index in [9.17, 15) is 4.79 Å². The van der Waals surface area contributed by atoms with E-state index in [1.54, 1.807) is 6.08 Å². The molecular weight excluding hydrogens is 296 g/mol. The van der Waals surface area contributed by atoms with Gasteiger partial charge in [0.1, 0.15) is 0 Å². The molecule has 0 atom stereocenters. The van der Waals surface area contributed by atoms with Gasteiger partial charge in [-0.2, -0.15) is 0 Å². The predicted molar refractivity (Wildman–Crippen MR) is 100 cm³/mol. The number of benzene rings is 4. The number of carbonyl (C=O) groups is 1. The summed E-state index contributed by atoms with van der Waals surface area (Å²) in [6.07, 6.45) is 3.23. The van der Waals surface area contributed by atoms with Crippen molar-refractivity contribution in [1.82, 2.24) is 5.43 Å². The number of hydrazine groups is 1. The Labute approximate surface area is 139 Å². The third-order valence-electron chi connectivity index (χ3n) is 4.33. The van der Waals surface area contributed by atoms with Crippen LogP contribution in [0.25, 0.3) is 38.4 Å². The maximum absolute atomic E-state index is 11.4. The molecule has 0 saturated carbocycles. The maximum Gasteiger partial charge on any atom is 0.257 e. The van der Waals surface area contributed by atoms with Gasteiger partial charge in [-0.05, 0) is 56.1 Å². The van der Waals surface area contributed by atoms with Crippen molar-refractivity contribution in [2.75, 3.05) is 0 Å². The van der Waals surface area contributed by atoms with Crippen LogP contribution in [0.5, 0.6) is 0 Å². The Balaban J connectivity index is 1.99. The summed E-state index contributed by atoms with van der Waals surface area (Å²) >= 11 is 0. The minimum atomic E-state index is -0.321. The summed E-state index contributed by atoms with van der Waals surface area (Å²) in [5, 5.41) is 7.17. The van der Waals surface area contributed by atoms with Gasteiger partial charge in [-0.3, -0.25) is 10.2 Å². The first-order chi connectivity index (χ1) is 11.8. The van der Waals surface area contributed by atoms with Crippen LogP contribution in [0, 0.1) is 0 Å². The Kier molecular flexibility index (Phi) is 3.48. The number of nitrogens with two attached hydrogens (primary N) is 1. The highest BCUT2D eigenvalue weighted by molar-refractivity contribution is 6.13. The van der Waals surface area contributed by atoms with Crippen molar-refractivity contribution in [1.29, 1.82) is 0 Å². The number of nitrogens with one attached hydrogen (secondary N) is 1. The molecule has 4 aromatic carbocycles. The second-order valence-electron chi connectivity index (χ2n) is 5.77. The molecule has 0 aliphatic carbocycles. The Morgan fingerprint density at radius 3 is 2.38 bits per heavy atom. The van der Waals surface area contributed by atoms with E-state index in [2.05, 4.69) is 60.0 Å². The van der Waals surface area contributed by atoms with Crippen LogP contribution >= 0.6 is 0 Å². The first-order valence-corrected chi connectivity index (χ1v) is 7.79. The van der Waals surface area contributed by atoms with E-state index < -0.39 is 0 Å². The van der Waals surface area contributed by atoms with E-state index in [1.165, 1.54) is 33.0 Å². The maximum atomic E-state index is 11.4. The average molecular weight is 312 g/mol. The fraction of sp³-hybridized carbons (Fsp3) is 0. The number of amides is 1. The van der Waals surface area contributed by atoms with Gasteiger partial charge in [0.2, 0.25) is 0 Å². The summed E-state index contributed by atoms with van der Waals surface area (Å²) in [6.45, 7) is 0. The molecule has 0 fully saturated rings. The van der Waals surface area contributed by atoms with Crippen molar-refractivity contribution in [3.63, 3.8) is 0 Å². The lowest BCUT2D eigenvalue weighted by atomic mass is 9.96. The van der Waals surface area contributed by atoms with Gasteiger partial charge in [-0.1, -0.05) is 54.6 Å². The first-order valence-electron chi connectivity index (χ1n) is 7.79. The van der Waals surface area contributed by atoms with Crippen molar-refractivity contribution in [2.24, 2.45) is 5.84 Å². The number of carbonyl (C=O) groups excluding carboxylic acids is 1. The molecule has 0 unspecified atom stereocenters. The van der Waals surface area contributed by atoms with Crippen LogP contribution in [0.1, 0.15) is 5.56 Å². The van der Waals surface area contributed by atoms with Gasteiger partial charge < -0.3 is 0 Å².